The van der Waals surface area contributed by atoms with E-state index >= 15 is 0 Å². The van der Waals surface area contributed by atoms with E-state index in [1.165, 1.54) is 0 Å². The van der Waals surface area contributed by atoms with Crippen molar-refractivity contribution in [3.63, 3.8) is 0 Å². The molecule has 8 atom stereocenters. The quantitative estimate of drug-likeness (QED) is 0.0857. The van der Waals surface area contributed by atoms with Gasteiger partial charge in [0.1, 0.15) is 36.6 Å². The summed E-state index contributed by atoms with van der Waals surface area (Å²) in [5.74, 6) is 58.0. The van der Waals surface area contributed by atoms with Gasteiger partial charge in [0.25, 0.3) is 5.91 Å². The summed E-state index contributed by atoms with van der Waals surface area (Å²) < 4.78 is 16.3. The van der Waals surface area contributed by atoms with E-state index in [0.29, 0.717) is 6.42 Å². The maximum absolute atomic E-state index is 12.6. The Labute approximate surface area is 333 Å². The predicted molar refractivity (Wildman–Crippen MR) is 208 cm³/mol. The Morgan fingerprint density at radius 1 is 0.702 bits per heavy atom. The first kappa shape index (κ1) is 46.2. The maximum Gasteiger partial charge on any atom is 0.297 e. The van der Waals surface area contributed by atoms with Gasteiger partial charge in [-0.15, -0.1) is 0 Å². The van der Waals surface area contributed by atoms with Crippen LogP contribution in [0, 0.1) is 142 Å². The van der Waals surface area contributed by atoms with Gasteiger partial charge in [0.15, 0.2) is 6.29 Å². The molecule has 1 aromatic rings. The highest BCUT2D eigenvalue weighted by Gasteiger charge is 2.44. The summed E-state index contributed by atoms with van der Waals surface area (Å²) in [5, 5.41) is 63.8. The number of amides is 1. The molecule has 0 aliphatic carbocycles. The number of aliphatic hydroxyl groups excluding tert-OH is 6. The fraction of sp³-hybridized carbons (Fsp3) is 0.326. The molecule has 284 valence electrons. The van der Waals surface area contributed by atoms with E-state index in [1.807, 2.05) is 30.3 Å². The lowest BCUT2D eigenvalue weighted by atomic mass is 9.99. The summed E-state index contributed by atoms with van der Waals surface area (Å²) in [5.41, 5.74) is 1.12. The normalized spacial score (nSPS) is 18.0. The molecule has 1 fully saturated rings. The Morgan fingerprint density at radius 2 is 1.19 bits per heavy atom. The van der Waals surface area contributed by atoms with Crippen molar-refractivity contribution in [2.45, 2.75) is 68.7 Å². The lowest BCUT2D eigenvalue weighted by Crippen LogP contribution is -2.60. The Morgan fingerprint density at radius 3 is 1.68 bits per heavy atom. The van der Waals surface area contributed by atoms with Crippen LogP contribution < -0.4 is 5.32 Å². The number of nitrogens with one attached hydrogen (secondary N) is 1. The minimum absolute atomic E-state index is 0.285. The summed E-state index contributed by atoms with van der Waals surface area (Å²) in [6.07, 6.45) is -9.64. The molecule has 0 spiro atoms. The van der Waals surface area contributed by atoms with E-state index in [2.05, 4.69) is 147 Å². The molecule has 1 aliphatic rings. The number of carbonyl (C=O) groups is 1. The molecular formula is C46H35NO10. The van der Waals surface area contributed by atoms with E-state index in [-0.39, 0.29) is 13.2 Å². The molecule has 2 rings (SSSR count). The number of aliphatic hydroxyl groups is 6. The van der Waals surface area contributed by atoms with Gasteiger partial charge < -0.3 is 50.2 Å². The molecule has 0 aromatic heterocycles. The summed E-state index contributed by atoms with van der Waals surface area (Å²) in [4.78, 5) is 12.6. The van der Waals surface area contributed by atoms with E-state index in [1.54, 1.807) is 6.92 Å². The largest absolute Gasteiger partial charge is 0.394 e. The predicted octanol–water partition coefficient (Wildman–Crippen LogP) is -2.28. The van der Waals surface area contributed by atoms with Gasteiger partial charge in [-0.05, 0) is 120 Å². The van der Waals surface area contributed by atoms with Gasteiger partial charge in [-0.25, -0.2) is 0 Å². The zero-order valence-electron chi connectivity index (χ0n) is 30.6. The fourth-order valence-corrected chi connectivity index (χ4v) is 4.20. The Kier molecular flexibility index (Phi) is 23.8. The second-order valence-corrected chi connectivity index (χ2v) is 11.0. The highest BCUT2D eigenvalue weighted by atomic mass is 16.7. The zero-order chi connectivity index (χ0) is 41.4. The first-order valence-corrected chi connectivity index (χ1v) is 16.9. The summed E-state index contributed by atoms with van der Waals surface area (Å²) in [6.45, 7) is 0.417. The van der Waals surface area contributed by atoms with E-state index in [0.717, 1.165) is 12.0 Å². The van der Waals surface area contributed by atoms with Gasteiger partial charge in [0, 0.05) is 48.0 Å². The van der Waals surface area contributed by atoms with Gasteiger partial charge in [0.05, 0.1) is 25.9 Å². The van der Waals surface area contributed by atoms with Crippen LogP contribution in [0.3, 0.4) is 0 Å². The SMILES string of the molecule is CC#CC#CC#CC#CC#CC#CC#CC#CC#CC#CC#CC#CC(=O)N[C@@H](CO[C@@H]1OC(CO)[C@H](O)[C@H](O)C1O)[C@H](O)[C@H](O)COCCCc1ccccc1. The number of ether oxygens (including phenoxy) is 3. The minimum atomic E-state index is -1.74. The molecule has 1 aromatic carbocycles. The molecule has 11 nitrogen and oxygen atoms in total. The Hall–Kier alpha value is -6.95. The van der Waals surface area contributed by atoms with Crippen molar-refractivity contribution in [1.29, 1.82) is 0 Å². The average molecular weight is 762 g/mol. The molecule has 11 heteroatoms. The molecule has 0 radical (unpaired) electrons. The van der Waals surface area contributed by atoms with Crippen LogP contribution in [-0.4, -0.2) is 112 Å². The molecule has 1 amide bonds. The van der Waals surface area contributed by atoms with Gasteiger partial charge in [-0.1, -0.05) is 36.3 Å². The lowest BCUT2D eigenvalue weighted by Gasteiger charge is -2.40. The first-order valence-electron chi connectivity index (χ1n) is 16.9. The Bertz CT molecular complexity index is 2300. The van der Waals surface area contributed by atoms with Crippen molar-refractivity contribution in [3.05, 3.63) is 35.9 Å². The summed E-state index contributed by atoms with van der Waals surface area (Å²) in [6, 6.07) is 8.39. The van der Waals surface area contributed by atoms with E-state index < -0.39 is 68.1 Å². The van der Waals surface area contributed by atoms with Crippen LogP contribution in [0.15, 0.2) is 30.3 Å². The van der Waals surface area contributed by atoms with Crippen LogP contribution in [-0.2, 0) is 25.4 Å². The van der Waals surface area contributed by atoms with Crippen molar-refractivity contribution >= 4 is 5.91 Å². The van der Waals surface area contributed by atoms with Crippen molar-refractivity contribution in [2.75, 3.05) is 26.4 Å². The standard InChI is InChI=1S/C46H35NO10/c1-2-3-4-5-6-7-8-9-10-11-12-13-14-15-16-17-18-19-20-21-22-23-27-32-41(50)47-38(35-56-46-45(54)44(53)43(52)40(34-48)57-46)42(51)39(49)36-55-33-28-31-37-29-25-24-26-30-37/h24-26,29-30,38-40,42-46,48-49,51-54H,28,31,33-36H2,1H3,(H,47,50)/t38-,39+,40?,42-,43-,44-,45?,46+/m0/s1. The molecule has 7 N–H and O–H groups in total. The molecule has 1 heterocycles. The van der Waals surface area contributed by atoms with Crippen molar-refractivity contribution in [2.24, 2.45) is 0 Å². The van der Waals surface area contributed by atoms with Crippen LogP contribution in [0.5, 0.6) is 0 Å². The molecule has 0 saturated carbocycles. The zero-order valence-corrected chi connectivity index (χ0v) is 30.6. The van der Waals surface area contributed by atoms with Crippen molar-refractivity contribution in [3.8, 4) is 142 Å². The van der Waals surface area contributed by atoms with Gasteiger partial charge in [-0.3, -0.25) is 4.79 Å². The van der Waals surface area contributed by atoms with Gasteiger partial charge >= 0.3 is 0 Å². The number of rotatable bonds is 13. The fourth-order valence-electron chi connectivity index (χ4n) is 4.20. The first-order chi connectivity index (χ1) is 27.8. The highest BCUT2D eigenvalue weighted by Crippen LogP contribution is 2.22. The average Bonchev–Trinajstić information content (AvgIpc) is 3.22. The molecule has 1 aliphatic heterocycles. The van der Waals surface area contributed by atoms with Crippen LogP contribution >= 0.6 is 0 Å². The topological polar surface area (TPSA) is 178 Å². The Balaban J connectivity index is 1.94. The smallest absolute Gasteiger partial charge is 0.297 e. The van der Waals surface area contributed by atoms with Crippen LogP contribution in [0.2, 0.25) is 0 Å². The van der Waals surface area contributed by atoms with Crippen LogP contribution in [0.4, 0.5) is 0 Å². The van der Waals surface area contributed by atoms with Gasteiger partial charge in [0.2, 0.25) is 0 Å². The number of carbonyl (C=O) groups excluding carboxylic acids is 1. The third-order valence-electron chi connectivity index (χ3n) is 6.91. The second kappa shape index (κ2) is 29.4. The van der Waals surface area contributed by atoms with E-state index in [4.69, 9.17) is 14.2 Å². The lowest BCUT2D eigenvalue weighted by molar-refractivity contribution is -0.303. The van der Waals surface area contributed by atoms with Crippen LogP contribution in [0.25, 0.3) is 0 Å². The van der Waals surface area contributed by atoms with Crippen molar-refractivity contribution in [1.82, 2.24) is 5.32 Å². The number of hydrogen-bond donors (Lipinski definition) is 7. The minimum Gasteiger partial charge on any atom is -0.394 e. The number of aryl methyl sites for hydroxylation is 1. The van der Waals surface area contributed by atoms with E-state index in [9.17, 15) is 35.4 Å². The molecule has 57 heavy (non-hydrogen) atoms. The maximum atomic E-state index is 12.6. The molecule has 2 unspecified atom stereocenters. The van der Waals surface area contributed by atoms with Gasteiger partial charge in [-0.2, -0.15) is 0 Å². The van der Waals surface area contributed by atoms with Crippen molar-refractivity contribution < 1.29 is 49.6 Å². The third kappa shape index (κ3) is 20.3. The third-order valence-corrected chi connectivity index (χ3v) is 6.91. The number of benzene rings is 1. The van der Waals surface area contributed by atoms with Crippen LogP contribution in [0.1, 0.15) is 18.9 Å². The second-order valence-electron chi connectivity index (χ2n) is 11.0. The summed E-state index contributed by atoms with van der Waals surface area (Å²) in [7, 11) is 0. The monoisotopic (exact) mass is 761 g/mol. The highest BCUT2D eigenvalue weighted by molar-refractivity contribution is 5.94. The summed E-state index contributed by atoms with van der Waals surface area (Å²) >= 11 is 0. The molecular weight excluding hydrogens is 727 g/mol. The molecule has 1 saturated heterocycles. The molecule has 0 bridgehead atoms. The number of hydrogen-bond acceptors (Lipinski definition) is 10.